The molecular formula is C77H89N13O29P2S2. The lowest BCUT2D eigenvalue weighted by molar-refractivity contribution is -0.738. The van der Waals surface area contributed by atoms with Gasteiger partial charge in [0.2, 0.25) is 5.52 Å². The smallest absolute Gasteiger partial charge is 0.389 e. The number of nitrogens with one attached hydrogen (secondary N) is 3. The number of rotatable bonds is 31. The predicted molar refractivity (Wildman–Crippen MR) is 435 cm³/mol. The van der Waals surface area contributed by atoms with Crippen LogP contribution in [-0.2, 0) is 76.7 Å². The lowest BCUT2D eigenvalue weighted by atomic mass is 10.1. The quantitative estimate of drug-likeness (QED) is 0.0129. The maximum atomic E-state index is 14.8. The average Bonchev–Trinajstić information content (AvgIpc) is 1.54. The summed E-state index contributed by atoms with van der Waals surface area (Å²) in [6.07, 6.45) is -10.1. The molecule has 0 aliphatic carbocycles. The van der Waals surface area contributed by atoms with Gasteiger partial charge in [0, 0.05) is 69.3 Å². The number of pyridine rings is 1. The van der Waals surface area contributed by atoms with Crippen molar-refractivity contribution in [3.8, 4) is 11.5 Å². The average molecular weight is 1790 g/mol. The molecule has 0 amide bonds. The van der Waals surface area contributed by atoms with Gasteiger partial charge in [-0.1, -0.05) is 72.1 Å². The first kappa shape index (κ1) is 93.3. The van der Waals surface area contributed by atoms with E-state index in [1.54, 1.807) is 94.3 Å². The molecule has 4 fully saturated rings. The fourth-order valence-electron chi connectivity index (χ4n) is 13.0. The topological polar surface area (TPSA) is 596 Å². The van der Waals surface area contributed by atoms with Gasteiger partial charge in [0.25, 0.3) is 11.1 Å². The van der Waals surface area contributed by atoms with Crippen LogP contribution in [0.5, 0.6) is 11.5 Å². The number of carboxylic acids is 1. The van der Waals surface area contributed by atoms with Crippen LogP contribution in [0, 0.1) is 13.8 Å². The van der Waals surface area contributed by atoms with Crippen LogP contribution in [0.2, 0.25) is 0 Å². The van der Waals surface area contributed by atoms with Crippen molar-refractivity contribution in [1.29, 1.82) is 0 Å². The summed E-state index contributed by atoms with van der Waals surface area (Å²) in [7, 11) is 2.65. The number of aliphatic hydroxyl groups excluding tert-OH is 6. The number of anilines is 2. The summed E-state index contributed by atoms with van der Waals surface area (Å²) in [4.78, 5) is 118. The van der Waals surface area contributed by atoms with E-state index in [0.717, 1.165) is 62.1 Å². The number of aromatic amines is 3. The zero-order chi connectivity index (χ0) is 87.4. The zero-order valence-corrected chi connectivity index (χ0v) is 68.8. The van der Waals surface area contributed by atoms with Gasteiger partial charge in [-0.2, -0.15) is 4.98 Å². The number of nitrogens with two attached hydrogens (primary N) is 2. The van der Waals surface area contributed by atoms with E-state index in [2.05, 4.69) is 34.9 Å². The van der Waals surface area contributed by atoms with Crippen LogP contribution in [-0.4, -0.2) is 217 Å². The summed E-state index contributed by atoms with van der Waals surface area (Å²) in [6, 6.07) is 30.9. The number of esters is 2. The summed E-state index contributed by atoms with van der Waals surface area (Å²) < 4.78 is 106. The number of benzene rings is 4. The molecule has 13 N–H and O–H groups in total. The van der Waals surface area contributed by atoms with Crippen molar-refractivity contribution < 1.29 is 125 Å². The Balaban J connectivity index is 0.000000214. The van der Waals surface area contributed by atoms with Gasteiger partial charge in [-0.25, -0.2) is 42.8 Å². The summed E-state index contributed by atoms with van der Waals surface area (Å²) in [5.74, 6) is -2.74. The van der Waals surface area contributed by atoms with Gasteiger partial charge < -0.3 is 89.9 Å². The van der Waals surface area contributed by atoms with Crippen molar-refractivity contribution >= 4 is 93.9 Å². The molecule has 14 rings (SSSR count). The van der Waals surface area contributed by atoms with Crippen molar-refractivity contribution in [3.63, 3.8) is 0 Å². The first-order chi connectivity index (χ1) is 58.4. The normalized spacial score (nSPS) is 23.8. The second kappa shape index (κ2) is 41.4. The number of nitrogens with zero attached hydrogens (tertiary/aromatic N) is 8. The molecule has 658 valence electrons. The molecule has 10 aromatic rings. The number of aliphatic carboxylic acids is 1. The van der Waals surface area contributed by atoms with Crippen LogP contribution >= 0.6 is 36.4 Å². The highest BCUT2D eigenvalue weighted by molar-refractivity contribution is 8.55. The molecule has 0 spiro atoms. The van der Waals surface area contributed by atoms with Crippen LogP contribution in [0.4, 0.5) is 11.5 Å². The van der Waals surface area contributed by atoms with E-state index in [9.17, 15) is 73.0 Å². The van der Waals surface area contributed by atoms with Gasteiger partial charge in [-0.15, -0.1) is 0 Å². The highest BCUT2D eigenvalue weighted by Crippen LogP contribution is 2.65. The van der Waals surface area contributed by atoms with Crippen molar-refractivity contribution in [2.75, 3.05) is 52.1 Å². The highest BCUT2D eigenvalue weighted by Gasteiger charge is 2.53. The van der Waals surface area contributed by atoms with E-state index >= 15 is 0 Å². The van der Waals surface area contributed by atoms with Gasteiger partial charge in [-0.05, 0) is 109 Å². The van der Waals surface area contributed by atoms with Gasteiger partial charge in [0.05, 0.1) is 67.7 Å². The third kappa shape index (κ3) is 22.6. The number of methoxy groups -OCH3 is 2. The summed E-state index contributed by atoms with van der Waals surface area (Å²) in [6.45, 7) is -5.76. The van der Waals surface area contributed by atoms with Crippen molar-refractivity contribution in [2.45, 2.75) is 151 Å². The minimum absolute atomic E-state index is 0. The molecule has 0 bridgehead atoms. The SMILES string of the molecule is C.CC(=O)[C@H](O)[C@@H](O)C(=O)[O-].COC1[C@@H](O[P@](=O)(OC[C@H]2O[C@@H]([n+]3c[nH]c4c(N)ncnc43)C[C@H]2O)SCc2ccc(OC(=O)c3ccc(C)cc3)cc2)[C@@H](CO)O[C@H]1n1ccc(=O)[nH]c1=O.COC1[C@@H](O[P@](=O)(OC[C@H]2O[C@@H](n3cnc4c(N)ccnc43)C[C@H]2O)SCc2ccc(OC(=O)c3ccc(C)cc3)cc2)[C@@H](CO)O[C@H]1n1ccc(=O)[nH]c1=O. The number of Topliss-reactive ketones (excluding diaryl/α,β-unsaturated/α-hetero) is 1. The molecule has 6 aromatic heterocycles. The van der Waals surface area contributed by atoms with Crippen LogP contribution in [0.1, 0.15) is 95.1 Å². The first-order valence-electron chi connectivity index (χ1n) is 37.3. The minimum atomic E-state index is -4.28. The van der Waals surface area contributed by atoms with Crippen LogP contribution < -0.4 is 53.1 Å². The number of carbonyl (C=O) groups excluding carboxylic acids is 4. The third-order valence-corrected chi connectivity index (χ3v) is 26.9. The van der Waals surface area contributed by atoms with Crippen molar-refractivity contribution in [3.05, 3.63) is 228 Å². The Kier molecular flexibility index (Phi) is 31.4. The Bertz CT molecular complexity index is 5350. The Labute approximate surface area is 705 Å². The van der Waals surface area contributed by atoms with Crippen molar-refractivity contribution in [2.24, 2.45) is 0 Å². The van der Waals surface area contributed by atoms with E-state index in [1.165, 1.54) is 45.5 Å². The third-order valence-electron chi connectivity index (χ3n) is 19.6. The first-order valence-corrected chi connectivity index (χ1v) is 43.6. The highest BCUT2D eigenvalue weighted by atomic mass is 32.7. The fraction of sp³-hybridized carbons (Fsp3) is 0.390. The fourth-order valence-corrected chi connectivity index (χ4v) is 19.8. The Morgan fingerprint density at radius 3 is 1.54 bits per heavy atom. The Hall–Kier alpha value is -10.4. The van der Waals surface area contributed by atoms with Crippen molar-refractivity contribution in [1.82, 2.24) is 48.6 Å². The largest absolute Gasteiger partial charge is 0.547 e. The zero-order valence-electron chi connectivity index (χ0n) is 65.3. The number of aryl methyl sites for hydroxylation is 2. The van der Waals surface area contributed by atoms with E-state index in [0.29, 0.717) is 61.8 Å². The summed E-state index contributed by atoms with van der Waals surface area (Å²) in [5, 5.41) is 69.4. The molecule has 2 unspecified atom stereocenters. The molecule has 4 aromatic carbocycles. The standard InChI is InChI=1S/C36H39N6O12PS.C35H38N7O12PS.C5H8O5.CH4/c1-20-3-7-22(8-4-20)35(46)51-23-9-5-21(6-10-23)18-56-55(48,54-31-26(16-43)53-34(32(31)49-2)41-14-12-28(45)40-36(41)47)50-17-27-25(44)15-29(52-27)42-19-39-30-24(37)11-13-38-33(30)42;1-19-3-7-21(8-4-19)34(46)51-22-9-5-20(6-10-22)16-56-55(48,54-29-24(14-43)53-33(30(29)49-2)41-12-11-26(45)40-35(41)47)50-15-25-23(44)13-27(52-25)42-18-39-28-31(36)37-17-38-32(28)42;1-2(6)3(7)4(8)5(9)10;/h3-14,19,25-27,29,31-32,34,43-44H,15-18H2,1-2H3,(H2,37,38)(H,40,45,47);3-12,17-18,23-25,27,29-30,33,43-44H,13-16H2,1-2H3,(H3,36,37,38,40,45,47);3-4,7-8H,1H3,(H,9,10);1H4/t25-,26-,27-,29-,31+,32?,34-,55+;23-,24-,25-,27-,29+,30?,33-,55+;3-,4+;/m110./s1. The van der Waals surface area contributed by atoms with E-state index in [4.69, 9.17) is 77.7 Å². The number of aliphatic hydroxyl groups is 6. The van der Waals surface area contributed by atoms with Crippen LogP contribution in [0.15, 0.2) is 172 Å². The lowest BCUT2D eigenvalue weighted by Gasteiger charge is -2.28. The number of carboxylic acid groups (broad SMARTS) is 1. The number of H-pyrrole nitrogens is 3. The van der Waals surface area contributed by atoms with E-state index in [1.807, 2.05) is 38.1 Å². The number of hydrogen-bond donors (Lipinski definition) is 11. The molecule has 4 aliphatic rings. The molecule has 10 heterocycles. The predicted octanol–water partition coefficient (Wildman–Crippen LogP) is 2.67. The van der Waals surface area contributed by atoms with E-state index in [-0.39, 0.29) is 50.8 Å². The van der Waals surface area contributed by atoms with Crippen LogP contribution in [0.3, 0.4) is 0 Å². The molecule has 4 aliphatic heterocycles. The Morgan fingerprint density at radius 1 is 0.618 bits per heavy atom. The molecule has 4 saturated heterocycles. The molecule has 46 heteroatoms. The number of fused-ring (bicyclic) bond motifs is 2. The number of imidazole rings is 2. The molecule has 0 saturated carbocycles. The van der Waals surface area contributed by atoms with Gasteiger partial charge in [-0.3, -0.25) is 61.1 Å². The molecule has 123 heavy (non-hydrogen) atoms. The number of hydrogen-bond acceptors (Lipinski definition) is 37. The van der Waals surface area contributed by atoms with Gasteiger partial charge in [0.15, 0.2) is 48.6 Å². The van der Waals surface area contributed by atoms with Gasteiger partial charge >= 0.3 is 42.6 Å². The second-order valence-corrected chi connectivity index (χ2v) is 36.0. The van der Waals surface area contributed by atoms with E-state index < -0.39 is 171 Å². The maximum Gasteiger partial charge on any atom is 0.389 e. The summed E-state index contributed by atoms with van der Waals surface area (Å²) in [5.41, 5.74) is 15.6. The number of aromatic nitrogens is 11. The second-order valence-electron chi connectivity index (χ2n) is 27.9. The number of nitrogen functional groups attached to an aromatic ring is 2. The summed E-state index contributed by atoms with van der Waals surface area (Å²) >= 11 is 1.63. The lowest BCUT2D eigenvalue weighted by Crippen LogP contribution is -2.46. The minimum Gasteiger partial charge on any atom is -0.547 e. The number of ether oxygens (including phenoxy) is 8. The number of carbonyl (C=O) groups is 4. The number of ketones is 1. The Morgan fingerprint density at radius 2 is 1.10 bits per heavy atom. The maximum absolute atomic E-state index is 14.8. The van der Waals surface area contributed by atoms with Crippen LogP contribution in [0.25, 0.3) is 22.3 Å². The monoisotopic (exact) mass is 1790 g/mol. The molecular weight excluding hydrogens is 1700 g/mol. The van der Waals surface area contributed by atoms with Gasteiger partial charge in [0.1, 0.15) is 84.3 Å². The molecule has 0 radical (unpaired) electrons. The molecule has 18 atom stereocenters. The molecule has 42 nitrogen and oxygen atoms in total.